The van der Waals surface area contributed by atoms with Crippen LogP contribution in [0.4, 0.5) is 5.82 Å². The number of hydrogen-bond acceptors (Lipinski definition) is 11. The van der Waals surface area contributed by atoms with Gasteiger partial charge < -0.3 is 14.8 Å². The van der Waals surface area contributed by atoms with Crippen LogP contribution in [-0.4, -0.2) is 59.4 Å². The molecule has 1 unspecified atom stereocenters. The number of ether oxygens (including phenoxy) is 2. The fourth-order valence-electron chi connectivity index (χ4n) is 7.64. The van der Waals surface area contributed by atoms with E-state index in [1.165, 1.54) is 5.56 Å². The molecule has 7 heterocycles. The number of hydrogen-bond donors (Lipinski definition) is 1. The molecule has 2 aliphatic heterocycles. The van der Waals surface area contributed by atoms with Gasteiger partial charge in [-0.2, -0.15) is 4.98 Å². The number of sulfone groups is 1. The van der Waals surface area contributed by atoms with Crippen molar-refractivity contribution in [2.24, 2.45) is 11.8 Å². The highest BCUT2D eigenvalue weighted by Crippen LogP contribution is 2.51. The van der Waals surface area contributed by atoms with Gasteiger partial charge in [-0.3, -0.25) is 9.97 Å². The minimum Gasteiger partial charge on any atom is -0.481 e. The Bertz CT molecular complexity index is 2140. The molecule has 49 heavy (non-hydrogen) atoms. The Balaban J connectivity index is 1.33. The summed E-state index contributed by atoms with van der Waals surface area (Å²) in [6, 6.07) is 10.00. The van der Waals surface area contributed by atoms with E-state index in [0.717, 1.165) is 77.5 Å². The number of nitrogens with one attached hydrogen (secondary N) is 1. The van der Waals surface area contributed by atoms with Crippen LogP contribution in [0.25, 0.3) is 31.9 Å². The van der Waals surface area contributed by atoms with Crippen molar-refractivity contribution in [1.82, 2.24) is 24.9 Å². The molecule has 0 saturated carbocycles. The minimum atomic E-state index is -3.67. The van der Waals surface area contributed by atoms with Gasteiger partial charge in [0.2, 0.25) is 5.88 Å². The average molecular weight is 697 g/mol. The van der Waals surface area contributed by atoms with Crippen molar-refractivity contribution in [2.75, 3.05) is 31.4 Å². The SMILES string of the molecule is COc1ccnc(-c2c(CCC3CCOCC3)nc3c(c2-c2cc4ccnc(N[C@H]5CCc6ncccc65)c4s2)S(=O)(=O)CC3C(C)C)n1. The Hall–Kier alpha value is -4.00. The number of aryl methyl sites for hydroxylation is 2. The van der Waals surface area contributed by atoms with Crippen molar-refractivity contribution in [2.45, 2.75) is 69.2 Å². The van der Waals surface area contributed by atoms with Crippen LogP contribution in [0, 0.1) is 11.8 Å². The van der Waals surface area contributed by atoms with Crippen LogP contribution in [0.15, 0.2) is 53.8 Å². The zero-order valence-electron chi connectivity index (χ0n) is 28.0. The highest BCUT2D eigenvalue weighted by Gasteiger charge is 2.43. The first kappa shape index (κ1) is 32.2. The summed E-state index contributed by atoms with van der Waals surface area (Å²) in [7, 11) is -2.10. The molecule has 1 N–H and O–H groups in total. The number of thiophene rings is 1. The van der Waals surface area contributed by atoms with E-state index in [0.29, 0.717) is 45.8 Å². The molecule has 12 heteroatoms. The first-order valence-corrected chi connectivity index (χ1v) is 19.6. The molecule has 0 bridgehead atoms. The third kappa shape index (κ3) is 5.97. The molecule has 8 rings (SSSR count). The van der Waals surface area contributed by atoms with E-state index in [9.17, 15) is 8.42 Å². The van der Waals surface area contributed by atoms with E-state index < -0.39 is 9.84 Å². The van der Waals surface area contributed by atoms with Crippen molar-refractivity contribution in [3.8, 4) is 27.7 Å². The molecule has 5 aromatic rings. The number of aromatic nitrogens is 5. The second-order valence-corrected chi connectivity index (χ2v) is 16.7. The van der Waals surface area contributed by atoms with Crippen LogP contribution < -0.4 is 10.1 Å². The smallest absolute Gasteiger partial charge is 0.216 e. The van der Waals surface area contributed by atoms with Gasteiger partial charge in [0.1, 0.15) is 5.82 Å². The molecule has 1 saturated heterocycles. The van der Waals surface area contributed by atoms with Crippen LogP contribution in [0.3, 0.4) is 0 Å². The molecule has 1 fully saturated rings. The van der Waals surface area contributed by atoms with Gasteiger partial charge in [-0.1, -0.05) is 19.9 Å². The molecular weight excluding hydrogens is 657 g/mol. The Morgan fingerprint density at radius 1 is 1.02 bits per heavy atom. The van der Waals surface area contributed by atoms with E-state index in [1.54, 1.807) is 30.7 Å². The summed E-state index contributed by atoms with van der Waals surface area (Å²) < 4.78 is 40.7. The lowest BCUT2D eigenvalue weighted by Crippen LogP contribution is -2.17. The van der Waals surface area contributed by atoms with E-state index in [2.05, 4.69) is 36.3 Å². The van der Waals surface area contributed by atoms with Crippen LogP contribution in [-0.2, 0) is 27.4 Å². The maximum atomic E-state index is 14.3. The Labute approximate surface area is 290 Å². The van der Waals surface area contributed by atoms with Gasteiger partial charge in [-0.05, 0) is 79.5 Å². The molecule has 3 aliphatic rings. The topological polar surface area (TPSA) is 129 Å². The molecule has 1 aliphatic carbocycles. The lowest BCUT2D eigenvalue weighted by atomic mass is 9.89. The summed E-state index contributed by atoms with van der Waals surface area (Å²) in [5, 5.41) is 4.69. The van der Waals surface area contributed by atoms with Gasteiger partial charge in [0.25, 0.3) is 0 Å². The van der Waals surface area contributed by atoms with Crippen LogP contribution in [0.5, 0.6) is 5.88 Å². The van der Waals surface area contributed by atoms with Crippen molar-refractivity contribution in [3.05, 3.63) is 71.6 Å². The first-order chi connectivity index (χ1) is 23.8. The number of methoxy groups -OCH3 is 1. The van der Waals surface area contributed by atoms with Crippen molar-refractivity contribution < 1.29 is 17.9 Å². The quantitative estimate of drug-likeness (QED) is 0.169. The van der Waals surface area contributed by atoms with E-state index in [4.69, 9.17) is 29.4 Å². The fourth-order valence-corrected chi connectivity index (χ4v) is 11.1. The maximum absolute atomic E-state index is 14.3. The minimum absolute atomic E-state index is 0.0379. The molecule has 10 nitrogen and oxygen atoms in total. The summed E-state index contributed by atoms with van der Waals surface area (Å²) in [5.74, 6) is 2.05. The first-order valence-electron chi connectivity index (χ1n) is 17.1. The van der Waals surface area contributed by atoms with Gasteiger partial charge >= 0.3 is 0 Å². The maximum Gasteiger partial charge on any atom is 0.216 e. The molecule has 0 radical (unpaired) electrons. The summed E-state index contributed by atoms with van der Waals surface area (Å²) in [6.07, 6.45) is 10.8. The van der Waals surface area contributed by atoms with Crippen molar-refractivity contribution in [1.29, 1.82) is 0 Å². The van der Waals surface area contributed by atoms with E-state index in [-0.39, 0.29) is 23.6 Å². The van der Waals surface area contributed by atoms with Crippen molar-refractivity contribution >= 4 is 37.1 Å². The number of anilines is 1. The summed E-state index contributed by atoms with van der Waals surface area (Å²) in [6.45, 7) is 5.69. The van der Waals surface area contributed by atoms with Crippen LogP contribution in [0.1, 0.15) is 74.1 Å². The second kappa shape index (κ2) is 13.0. The number of fused-ring (bicyclic) bond motifs is 3. The summed E-state index contributed by atoms with van der Waals surface area (Å²) in [5.41, 5.74) is 5.13. The normalized spacial score (nSPS) is 20.1. The molecule has 5 aromatic heterocycles. The Morgan fingerprint density at radius 3 is 2.67 bits per heavy atom. The average Bonchev–Trinajstić information content (AvgIpc) is 3.81. The zero-order chi connectivity index (χ0) is 33.7. The summed E-state index contributed by atoms with van der Waals surface area (Å²) >= 11 is 1.56. The molecule has 0 aromatic carbocycles. The third-order valence-electron chi connectivity index (χ3n) is 10.3. The highest BCUT2D eigenvalue weighted by atomic mass is 32.2. The van der Waals surface area contributed by atoms with Gasteiger partial charge in [-0.15, -0.1) is 11.3 Å². The van der Waals surface area contributed by atoms with Gasteiger partial charge in [-0.25, -0.2) is 18.4 Å². The van der Waals surface area contributed by atoms with Crippen molar-refractivity contribution in [3.63, 3.8) is 0 Å². The molecule has 254 valence electrons. The highest BCUT2D eigenvalue weighted by molar-refractivity contribution is 7.92. The molecular formula is C37H40N6O4S2. The largest absolute Gasteiger partial charge is 0.481 e. The standard InChI is InChI=1S/C37H40N6O4S2/c1-21(2)25-20-49(44,45)35-32(29-19-23-10-15-40-37(34(23)48-29)42-27-9-8-26-24(27)5-4-14-38-26)31(36-39-16-11-30(43-36)46-3)28(41-33(25)35)7-6-22-12-17-47-18-13-22/h4-5,10-11,14-16,19,21-22,25,27H,6-9,12-13,17-18,20H2,1-3H3,(H,40,42)/t25?,27-/m0/s1. The third-order valence-corrected chi connectivity index (χ3v) is 13.3. The monoisotopic (exact) mass is 696 g/mol. The van der Waals surface area contributed by atoms with Crippen LogP contribution >= 0.6 is 11.3 Å². The lowest BCUT2D eigenvalue weighted by Gasteiger charge is -2.23. The van der Waals surface area contributed by atoms with E-state index in [1.807, 2.05) is 24.5 Å². The lowest BCUT2D eigenvalue weighted by molar-refractivity contribution is 0.0639. The van der Waals surface area contributed by atoms with Crippen LogP contribution in [0.2, 0.25) is 0 Å². The molecule has 0 spiro atoms. The number of nitrogens with zero attached hydrogens (tertiary/aromatic N) is 5. The Morgan fingerprint density at radius 2 is 1.86 bits per heavy atom. The van der Waals surface area contributed by atoms with Gasteiger partial charge in [0, 0.05) is 59.9 Å². The second-order valence-electron chi connectivity index (χ2n) is 13.6. The van der Waals surface area contributed by atoms with Gasteiger partial charge in [0.05, 0.1) is 45.5 Å². The predicted molar refractivity (Wildman–Crippen MR) is 191 cm³/mol. The zero-order valence-corrected chi connectivity index (χ0v) is 29.6. The molecule has 0 amide bonds. The number of rotatable bonds is 9. The van der Waals surface area contributed by atoms with E-state index >= 15 is 0 Å². The fraction of sp³-hybridized carbons (Fsp3) is 0.432. The predicted octanol–water partition coefficient (Wildman–Crippen LogP) is 7.20. The molecule has 2 atom stereocenters. The number of pyridine rings is 3. The summed E-state index contributed by atoms with van der Waals surface area (Å²) in [4.78, 5) is 25.3. The Kier molecular flexibility index (Phi) is 8.57. The van der Waals surface area contributed by atoms with Gasteiger partial charge in [0.15, 0.2) is 15.7 Å².